The van der Waals surface area contributed by atoms with Crippen LogP contribution in [0.25, 0.3) is 0 Å². The van der Waals surface area contributed by atoms with Gasteiger partial charge in [0.1, 0.15) is 0 Å². The van der Waals surface area contributed by atoms with Crippen LogP contribution in [0.3, 0.4) is 0 Å². The van der Waals surface area contributed by atoms with Crippen molar-refractivity contribution in [3.05, 3.63) is 0 Å². The zero-order valence-corrected chi connectivity index (χ0v) is 9.34. The van der Waals surface area contributed by atoms with Gasteiger partial charge in [-0.1, -0.05) is 13.3 Å². The van der Waals surface area contributed by atoms with E-state index in [1.807, 2.05) is 6.92 Å². The van der Waals surface area contributed by atoms with Crippen LogP contribution in [0.1, 0.15) is 32.6 Å². The highest BCUT2D eigenvalue weighted by Gasteiger charge is 2.00. The predicted molar refractivity (Wildman–Crippen MR) is 59.2 cm³/mol. The highest BCUT2D eigenvalue weighted by atomic mass is 16.2. The molecule has 0 saturated heterocycles. The molecule has 0 spiro atoms. The average Bonchev–Trinajstić information content (AvgIpc) is 2.22. The van der Waals surface area contributed by atoms with Gasteiger partial charge in [-0.15, -0.1) is 0 Å². The van der Waals surface area contributed by atoms with Crippen molar-refractivity contribution in [3.8, 4) is 0 Å². The van der Waals surface area contributed by atoms with Crippen LogP contribution in [0.2, 0.25) is 0 Å². The van der Waals surface area contributed by atoms with Gasteiger partial charge in [0.25, 0.3) is 0 Å². The van der Waals surface area contributed by atoms with Gasteiger partial charge in [-0.25, -0.2) is 0 Å². The first kappa shape index (κ1) is 13.9. The summed E-state index contributed by atoms with van der Waals surface area (Å²) in [6.07, 6.45) is 2.82. The Hall–Kier alpha value is -1.10. The van der Waals surface area contributed by atoms with Crippen molar-refractivity contribution in [1.29, 1.82) is 0 Å². The zero-order chi connectivity index (χ0) is 11.5. The molecular weight excluding hydrogens is 194 g/mol. The number of nitrogens with one attached hydrogen (secondary N) is 2. The van der Waals surface area contributed by atoms with E-state index in [0.29, 0.717) is 32.5 Å². The minimum Gasteiger partial charge on any atom is -0.354 e. The quantitative estimate of drug-likeness (QED) is 0.488. The van der Waals surface area contributed by atoms with Crippen molar-refractivity contribution in [1.82, 2.24) is 10.6 Å². The Morgan fingerprint density at radius 3 is 2.07 bits per heavy atom. The van der Waals surface area contributed by atoms with E-state index in [1.165, 1.54) is 0 Å². The molecule has 2 amide bonds. The first-order chi connectivity index (χ1) is 7.20. The fraction of sp³-hybridized carbons (Fsp3) is 0.800. The first-order valence-corrected chi connectivity index (χ1v) is 5.44. The summed E-state index contributed by atoms with van der Waals surface area (Å²) in [4.78, 5) is 22.1. The molecule has 0 bridgehead atoms. The molecule has 0 unspecified atom stereocenters. The molecular formula is C10H21N3O2. The second-order valence-corrected chi connectivity index (χ2v) is 3.34. The van der Waals surface area contributed by atoms with Crippen molar-refractivity contribution in [2.45, 2.75) is 32.6 Å². The lowest BCUT2D eigenvalue weighted by molar-refractivity contribution is -0.122. The van der Waals surface area contributed by atoms with E-state index in [-0.39, 0.29) is 11.8 Å². The Bertz CT molecular complexity index is 195. The predicted octanol–water partition coefficient (Wildman–Crippen LogP) is -0.242. The SMILES string of the molecule is CCCCC(=O)NCCNC(=O)CCN. The van der Waals surface area contributed by atoms with Crippen LogP contribution in [0.15, 0.2) is 0 Å². The molecule has 0 atom stereocenters. The number of nitrogens with two attached hydrogens (primary N) is 1. The highest BCUT2D eigenvalue weighted by Crippen LogP contribution is 1.92. The maximum atomic E-state index is 11.1. The van der Waals surface area contributed by atoms with E-state index < -0.39 is 0 Å². The second-order valence-electron chi connectivity index (χ2n) is 3.34. The van der Waals surface area contributed by atoms with Crippen molar-refractivity contribution in [3.63, 3.8) is 0 Å². The standard InChI is InChI=1S/C10H21N3O2/c1-2-3-4-9(14)12-7-8-13-10(15)5-6-11/h2-8,11H2,1H3,(H,12,14)(H,13,15). The highest BCUT2D eigenvalue weighted by molar-refractivity contribution is 5.77. The summed E-state index contributed by atoms with van der Waals surface area (Å²) in [5.41, 5.74) is 5.21. The Balaban J connectivity index is 3.30. The smallest absolute Gasteiger partial charge is 0.221 e. The minimum atomic E-state index is -0.0692. The summed E-state index contributed by atoms with van der Waals surface area (Å²) < 4.78 is 0. The van der Waals surface area contributed by atoms with Crippen LogP contribution in [0, 0.1) is 0 Å². The van der Waals surface area contributed by atoms with Gasteiger partial charge in [-0.05, 0) is 6.42 Å². The number of carbonyl (C=O) groups excluding carboxylic acids is 2. The van der Waals surface area contributed by atoms with Crippen molar-refractivity contribution < 1.29 is 9.59 Å². The summed E-state index contributed by atoms with van der Waals surface area (Å²) in [5.74, 6) is -0.0229. The van der Waals surface area contributed by atoms with Crippen LogP contribution in [0.4, 0.5) is 0 Å². The molecule has 5 nitrogen and oxygen atoms in total. The van der Waals surface area contributed by atoms with Gasteiger partial charge < -0.3 is 16.4 Å². The summed E-state index contributed by atoms with van der Waals surface area (Å²) in [6, 6.07) is 0. The van der Waals surface area contributed by atoms with Crippen LogP contribution in [-0.2, 0) is 9.59 Å². The summed E-state index contributed by atoms with van der Waals surface area (Å²) in [7, 11) is 0. The zero-order valence-electron chi connectivity index (χ0n) is 9.34. The van der Waals surface area contributed by atoms with E-state index in [4.69, 9.17) is 5.73 Å². The summed E-state index contributed by atoms with van der Waals surface area (Å²) in [6.45, 7) is 3.35. The second kappa shape index (κ2) is 9.45. The molecule has 0 aliphatic heterocycles. The third-order valence-corrected chi connectivity index (χ3v) is 1.90. The summed E-state index contributed by atoms with van der Waals surface area (Å²) in [5, 5.41) is 5.39. The van der Waals surface area contributed by atoms with Gasteiger partial charge in [0.2, 0.25) is 11.8 Å². The lowest BCUT2D eigenvalue weighted by Crippen LogP contribution is -2.35. The molecule has 88 valence electrons. The number of unbranched alkanes of at least 4 members (excludes halogenated alkanes) is 1. The van der Waals surface area contributed by atoms with E-state index >= 15 is 0 Å². The Morgan fingerprint density at radius 2 is 1.60 bits per heavy atom. The van der Waals surface area contributed by atoms with Crippen molar-refractivity contribution in [2.24, 2.45) is 5.73 Å². The number of hydrogen-bond acceptors (Lipinski definition) is 3. The normalized spacial score (nSPS) is 9.73. The van der Waals surface area contributed by atoms with Crippen molar-refractivity contribution >= 4 is 11.8 Å². The van der Waals surface area contributed by atoms with Gasteiger partial charge in [0.05, 0.1) is 0 Å². The fourth-order valence-electron chi connectivity index (χ4n) is 1.05. The molecule has 0 aromatic rings. The Labute approximate surface area is 90.8 Å². The molecule has 0 fully saturated rings. The van der Waals surface area contributed by atoms with Gasteiger partial charge in [0.15, 0.2) is 0 Å². The van der Waals surface area contributed by atoms with Crippen LogP contribution in [-0.4, -0.2) is 31.4 Å². The molecule has 5 heteroatoms. The first-order valence-electron chi connectivity index (χ1n) is 5.44. The third-order valence-electron chi connectivity index (χ3n) is 1.90. The molecule has 4 N–H and O–H groups in total. The largest absolute Gasteiger partial charge is 0.354 e. The molecule has 0 aliphatic carbocycles. The lowest BCUT2D eigenvalue weighted by Gasteiger charge is -2.06. The van der Waals surface area contributed by atoms with Gasteiger partial charge in [-0.3, -0.25) is 9.59 Å². The molecule has 0 heterocycles. The summed E-state index contributed by atoms with van der Waals surface area (Å²) >= 11 is 0. The third kappa shape index (κ3) is 9.21. The van der Waals surface area contributed by atoms with E-state index in [2.05, 4.69) is 10.6 Å². The lowest BCUT2D eigenvalue weighted by atomic mass is 10.2. The van der Waals surface area contributed by atoms with Gasteiger partial charge in [-0.2, -0.15) is 0 Å². The van der Waals surface area contributed by atoms with E-state index in [1.54, 1.807) is 0 Å². The average molecular weight is 215 g/mol. The van der Waals surface area contributed by atoms with E-state index in [9.17, 15) is 9.59 Å². The molecule has 0 aromatic heterocycles. The molecule has 15 heavy (non-hydrogen) atoms. The fourth-order valence-corrected chi connectivity index (χ4v) is 1.05. The molecule has 0 radical (unpaired) electrons. The van der Waals surface area contributed by atoms with E-state index in [0.717, 1.165) is 12.8 Å². The number of carbonyl (C=O) groups is 2. The van der Waals surface area contributed by atoms with Gasteiger partial charge in [0, 0.05) is 32.5 Å². The number of rotatable bonds is 8. The maximum Gasteiger partial charge on any atom is 0.221 e. The minimum absolute atomic E-state index is 0.0462. The molecule has 0 aromatic carbocycles. The number of hydrogen-bond donors (Lipinski definition) is 3. The maximum absolute atomic E-state index is 11.1. The van der Waals surface area contributed by atoms with Crippen LogP contribution in [0.5, 0.6) is 0 Å². The molecule has 0 rings (SSSR count). The van der Waals surface area contributed by atoms with Crippen LogP contribution >= 0.6 is 0 Å². The monoisotopic (exact) mass is 215 g/mol. The van der Waals surface area contributed by atoms with Crippen LogP contribution < -0.4 is 16.4 Å². The Morgan fingerprint density at radius 1 is 1.07 bits per heavy atom. The van der Waals surface area contributed by atoms with Crippen molar-refractivity contribution in [2.75, 3.05) is 19.6 Å². The number of amides is 2. The molecule has 0 aliphatic rings. The Kier molecular flexibility index (Phi) is 8.76. The molecule has 0 saturated carbocycles. The topological polar surface area (TPSA) is 84.2 Å². The van der Waals surface area contributed by atoms with Gasteiger partial charge >= 0.3 is 0 Å².